The van der Waals surface area contributed by atoms with Gasteiger partial charge in [0.2, 0.25) is 5.12 Å². The fourth-order valence-electron chi connectivity index (χ4n) is 0.733. The summed E-state index contributed by atoms with van der Waals surface area (Å²) in [6, 6.07) is 8.76. The normalized spacial score (nSPS) is 8.62. The second kappa shape index (κ2) is 5.61. The minimum absolute atomic E-state index is 0. The molecule has 0 bridgehead atoms. The first-order valence-electron chi connectivity index (χ1n) is 3.31. The lowest BCUT2D eigenvalue weighted by atomic mass is 10.2. The maximum Gasteiger partial charge on any atom is 0.226 e. The number of nitrogens with one attached hydrogen (secondary N) is 1. The quantitative estimate of drug-likeness (QED) is 0.557. The zero-order chi connectivity index (χ0) is 8.97. The van der Waals surface area contributed by atoms with Crippen molar-refractivity contribution in [3.63, 3.8) is 0 Å². The van der Waals surface area contributed by atoms with Crippen molar-refractivity contribution in [3.8, 4) is 0 Å². The molecule has 5 heteroatoms. The molecule has 3 N–H and O–H groups in total. The smallest absolute Gasteiger partial charge is 0.226 e. The van der Waals surface area contributed by atoms with Gasteiger partial charge in [-0.3, -0.25) is 10.2 Å². The van der Waals surface area contributed by atoms with Crippen molar-refractivity contribution >= 4 is 34.5 Å². The van der Waals surface area contributed by atoms with Gasteiger partial charge in [0.1, 0.15) is 0 Å². The number of benzene rings is 1. The number of hydrogen-bond donors (Lipinski definition) is 2. The molecule has 0 saturated heterocycles. The van der Waals surface area contributed by atoms with Crippen LogP contribution in [0, 0.1) is 5.41 Å². The van der Waals surface area contributed by atoms with Crippen molar-refractivity contribution in [1.29, 1.82) is 5.41 Å². The summed E-state index contributed by atoms with van der Waals surface area (Å²) in [4.78, 5) is 11.2. The van der Waals surface area contributed by atoms with Crippen molar-refractivity contribution in [1.82, 2.24) is 0 Å². The van der Waals surface area contributed by atoms with Crippen LogP contribution in [0.2, 0.25) is 0 Å². The minimum atomic E-state index is -0.192. The van der Waals surface area contributed by atoms with Crippen LogP contribution >= 0.6 is 24.2 Å². The molecular weight excluding hydrogens is 208 g/mol. The highest BCUT2D eigenvalue weighted by atomic mass is 35.5. The van der Waals surface area contributed by atoms with Gasteiger partial charge in [0.05, 0.1) is 0 Å². The van der Waals surface area contributed by atoms with Crippen LogP contribution in [0.5, 0.6) is 0 Å². The van der Waals surface area contributed by atoms with Crippen molar-refractivity contribution in [2.75, 3.05) is 0 Å². The zero-order valence-corrected chi connectivity index (χ0v) is 8.32. The Bertz CT molecular complexity index is 302. The third-order valence-electron chi connectivity index (χ3n) is 1.21. The largest absolute Gasteiger partial charge is 0.378 e. The average Bonchev–Trinajstić information content (AvgIpc) is 2.05. The Kier molecular flexibility index (Phi) is 5.18. The first-order valence-corrected chi connectivity index (χ1v) is 4.13. The van der Waals surface area contributed by atoms with Gasteiger partial charge in [0.15, 0.2) is 5.17 Å². The molecule has 0 heterocycles. The van der Waals surface area contributed by atoms with E-state index in [2.05, 4.69) is 0 Å². The summed E-state index contributed by atoms with van der Waals surface area (Å²) in [5.41, 5.74) is 5.62. The fraction of sp³-hybridized carbons (Fsp3) is 0. The van der Waals surface area contributed by atoms with Crippen LogP contribution in [-0.2, 0) is 0 Å². The van der Waals surface area contributed by atoms with Crippen LogP contribution in [-0.4, -0.2) is 10.3 Å². The Balaban J connectivity index is 0.00000144. The molecule has 1 rings (SSSR count). The van der Waals surface area contributed by atoms with Gasteiger partial charge in [0.25, 0.3) is 0 Å². The van der Waals surface area contributed by atoms with Crippen molar-refractivity contribution in [2.45, 2.75) is 0 Å². The Morgan fingerprint density at radius 3 is 2.31 bits per heavy atom. The zero-order valence-electron chi connectivity index (χ0n) is 6.69. The van der Waals surface area contributed by atoms with Crippen LogP contribution in [0.3, 0.4) is 0 Å². The third kappa shape index (κ3) is 3.96. The molecule has 0 saturated carbocycles. The summed E-state index contributed by atoms with van der Waals surface area (Å²) in [6.45, 7) is 0. The molecule has 0 aliphatic heterocycles. The topological polar surface area (TPSA) is 66.9 Å². The second-order valence-electron chi connectivity index (χ2n) is 2.12. The minimum Gasteiger partial charge on any atom is -0.378 e. The number of halogens is 1. The molecule has 0 unspecified atom stereocenters. The Hall–Kier alpha value is -1.00. The lowest BCUT2D eigenvalue weighted by molar-refractivity contribution is 0.109. The Morgan fingerprint density at radius 1 is 1.31 bits per heavy atom. The molecule has 0 fully saturated rings. The lowest BCUT2D eigenvalue weighted by Gasteiger charge is -1.96. The monoisotopic (exact) mass is 216 g/mol. The van der Waals surface area contributed by atoms with E-state index in [1.54, 1.807) is 24.3 Å². The summed E-state index contributed by atoms with van der Waals surface area (Å²) in [6.07, 6.45) is 0. The lowest BCUT2D eigenvalue weighted by Crippen LogP contribution is -2.08. The van der Waals surface area contributed by atoms with Crippen LogP contribution in [0.1, 0.15) is 10.4 Å². The van der Waals surface area contributed by atoms with E-state index in [1.807, 2.05) is 6.07 Å². The third-order valence-corrected chi connectivity index (χ3v) is 1.85. The van der Waals surface area contributed by atoms with E-state index in [0.29, 0.717) is 5.56 Å². The number of hydrogen-bond acceptors (Lipinski definition) is 3. The summed E-state index contributed by atoms with van der Waals surface area (Å²) in [5, 5.41) is 6.53. The summed E-state index contributed by atoms with van der Waals surface area (Å²) >= 11 is 0.730. The van der Waals surface area contributed by atoms with Crippen molar-refractivity contribution in [3.05, 3.63) is 35.9 Å². The van der Waals surface area contributed by atoms with E-state index in [1.165, 1.54) is 0 Å². The number of nitrogens with two attached hydrogens (primary N) is 1. The van der Waals surface area contributed by atoms with Crippen LogP contribution in [0.25, 0.3) is 0 Å². The fourth-order valence-corrected chi connectivity index (χ4v) is 1.19. The molecule has 13 heavy (non-hydrogen) atoms. The van der Waals surface area contributed by atoms with Gasteiger partial charge in [-0.2, -0.15) is 0 Å². The van der Waals surface area contributed by atoms with Crippen molar-refractivity contribution < 1.29 is 4.79 Å². The first-order chi connectivity index (χ1) is 5.70. The van der Waals surface area contributed by atoms with E-state index >= 15 is 0 Å². The van der Waals surface area contributed by atoms with Gasteiger partial charge in [-0.05, 0) is 11.8 Å². The van der Waals surface area contributed by atoms with E-state index in [4.69, 9.17) is 11.1 Å². The van der Waals surface area contributed by atoms with E-state index in [0.717, 1.165) is 11.8 Å². The highest BCUT2D eigenvalue weighted by Crippen LogP contribution is 2.10. The first kappa shape index (κ1) is 12.0. The second-order valence-corrected chi connectivity index (χ2v) is 3.13. The predicted octanol–water partition coefficient (Wildman–Crippen LogP) is 1.88. The van der Waals surface area contributed by atoms with Gasteiger partial charge < -0.3 is 5.73 Å². The Morgan fingerprint density at radius 2 is 1.85 bits per heavy atom. The summed E-state index contributed by atoms with van der Waals surface area (Å²) in [7, 11) is 0. The molecule has 0 amide bonds. The summed E-state index contributed by atoms with van der Waals surface area (Å²) < 4.78 is 0. The Labute approximate surface area is 86.6 Å². The maximum absolute atomic E-state index is 11.2. The van der Waals surface area contributed by atoms with Crippen molar-refractivity contribution in [2.24, 2.45) is 5.73 Å². The molecule has 0 spiro atoms. The maximum atomic E-state index is 11.2. The molecular formula is C8H9ClN2OS. The van der Waals surface area contributed by atoms with Gasteiger partial charge >= 0.3 is 0 Å². The van der Waals surface area contributed by atoms with Gasteiger partial charge in [-0.1, -0.05) is 30.3 Å². The van der Waals surface area contributed by atoms with Crippen LogP contribution < -0.4 is 5.73 Å². The predicted molar refractivity (Wildman–Crippen MR) is 57.5 cm³/mol. The molecule has 0 atom stereocenters. The molecule has 0 aromatic heterocycles. The number of rotatable bonds is 1. The standard InChI is InChI=1S/C8H8N2OS.ClH/c9-8(10)12-7(11)6-4-2-1-3-5-6;/h1-5H,(H3,9,10);1H. The van der Waals surface area contributed by atoms with Gasteiger partial charge in [-0.25, -0.2) is 0 Å². The molecule has 1 aromatic rings. The van der Waals surface area contributed by atoms with E-state index < -0.39 is 0 Å². The van der Waals surface area contributed by atoms with Crippen LogP contribution in [0.15, 0.2) is 30.3 Å². The highest BCUT2D eigenvalue weighted by Gasteiger charge is 2.06. The number of amidine groups is 1. The molecule has 1 aromatic carbocycles. The molecule has 70 valence electrons. The molecule has 0 aliphatic rings. The highest BCUT2D eigenvalue weighted by molar-refractivity contribution is 8.26. The van der Waals surface area contributed by atoms with Gasteiger partial charge in [-0.15, -0.1) is 12.4 Å². The van der Waals surface area contributed by atoms with E-state index in [-0.39, 0.29) is 22.7 Å². The number of carbonyl (C=O) groups is 1. The van der Waals surface area contributed by atoms with E-state index in [9.17, 15) is 4.79 Å². The van der Waals surface area contributed by atoms with Gasteiger partial charge in [0, 0.05) is 5.56 Å². The number of carbonyl (C=O) groups excluding carboxylic acids is 1. The SMILES string of the molecule is Cl.N=C(N)SC(=O)c1ccccc1. The number of thioether (sulfide) groups is 1. The molecule has 3 nitrogen and oxygen atoms in total. The molecule has 0 radical (unpaired) electrons. The molecule has 0 aliphatic carbocycles. The van der Waals surface area contributed by atoms with Crippen LogP contribution in [0.4, 0.5) is 0 Å². The summed E-state index contributed by atoms with van der Waals surface area (Å²) in [5.74, 6) is 0. The average molecular weight is 217 g/mol.